The highest BCUT2D eigenvalue weighted by atomic mass is 16.2. The number of primary amides is 1. The Labute approximate surface area is 128 Å². The minimum Gasteiger partial charge on any atom is -0.369 e. The molecule has 2 amide bonds. The zero-order valence-corrected chi connectivity index (χ0v) is 13.8. The summed E-state index contributed by atoms with van der Waals surface area (Å²) < 4.78 is 0. The second-order valence-corrected chi connectivity index (χ2v) is 7.43. The van der Waals surface area contributed by atoms with Crippen LogP contribution in [-0.2, 0) is 9.59 Å². The lowest BCUT2D eigenvalue weighted by Gasteiger charge is -2.28. The summed E-state index contributed by atoms with van der Waals surface area (Å²) in [5, 5.41) is 3.01. The molecule has 1 fully saturated rings. The first-order valence-corrected chi connectivity index (χ1v) is 7.88. The van der Waals surface area contributed by atoms with Gasteiger partial charge in [0, 0.05) is 17.4 Å². The predicted molar refractivity (Wildman–Crippen MR) is 85.4 cm³/mol. The van der Waals surface area contributed by atoms with Crippen LogP contribution in [0.3, 0.4) is 0 Å². The fourth-order valence-corrected chi connectivity index (χ4v) is 2.81. The molecule has 3 N–H and O–H groups in total. The topological polar surface area (TPSA) is 72.2 Å². The first kappa shape index (κ1) is 17.7. The summed E-state index contributed by atoms with van der Waals surface area (Å²) in [6.45, 7) is 11.7. The van der Waals surface area contributed by atoms with Crippen molar-refractivity contribution in [3.8, 4) is 0 Å². The number of rotatable bonds is 8. The standard InChI is InChI=1S/C17H30N2O2/c1-6-7-8-13(15(18)20)14(10-12-9-11(12)2)16(21)19-17(3,4)5/h6,11-14H,1,7-10H2,2-5H3,(H2,18,20)(H,19,21)/t11?,12?,13-,14+/m0/s1. The fraction of sp³-hybridized carbons (Fsp3) is 0.765. The Morgan fingerprint density at radius 3 is 2.33 bits per heavy atom. The Morgan fingerprint density at radius 1 is 1.38 bits per heavy atom. The van der Waals surface area contributed by atoms with Crippen LogP contribution in [0.1, 0.15) is 53.4 Å². The molecule has 21 heavy (non-hydrogen) atoms. The number of hydrogen-bond acceptors (Lipinski definition) is 2. The summed E-state index contributed by atoms with van der Waals surface area (Å²) in [4.78, 5) is 24.4. The van der Waals surface area contributed by atoms with Gasteiger partial charge in [0.1, 0.15) is 0 Å². The van der Waals surface area contributed by atoms with Gasteiger partial charge in [-0.2, -0.15) is 0 Å². The number of allylic oxidation sites excluding steroid dienone is 1. The van der Waals surface area contributed by atoms with Gasteiger partial charge in [-0.1, -0.05) is 13.0 Å². The van der Waals surface area contributed by atoms with Gasteiger partial charge in [-0.25, -0.2) is 0 Å². The maximum Gasteiger partial charge on any atom is 0.224 e. The Bertz CT molecular complexity index is 398. The average Bonchev–Trinajstić information content (AvgIpc) is 3.01. The Balaban J connectivity index is 2.84. The van der Waals surface area contributed by atoms with E-state index in [0.717, 1.165) is 12.8 Å². The average molecular weight is 294 g/mol. The number of nitrogens with two attached hydrogens (primary N) is 1. The van der Waals surface area contributed by atoms with E-state index in [1.807, 2.05) is 20.8 Å². The van der Waals surface area contributed by atoms with E-state index in [-0.39, 0.29) is 23.3 Å². The molecule has 0 radical (unpaired) electrons. The number of hydrogen-bond donors (Lipinski definition) is 2. The first-order chi connectivity index (χ1) is 9.65. The van der Waals surface area contributed by atoms with Gasteiger partial charge in [-0.3, -0.25) is 9.59 Å². The van der Waals surface area contributed by atoms with Gasteiger partial charge in [0.25, 0.3) is 0 Å². The number of amides is 2. The Hall–Kier alpha value is -1.32. The van der Waals surface area contributed by atoms with Crippen molar-refractivity contribution in [3.05, 3.63) is 12.7 Å². The molecule has 4 atom stereocenters. The maximum atomic E-state index is 12.6. The van der Waals surface area contributed by atoms with Crippen LogP contribution < -0.4 is 11.1 Å². The normalized spacial score (nSPS) is 24.0. The van der Waals surface area contributed by atoms with Crippen LogP contribution in [0.15, 0.2) is 12.7 Å². The summed E-state index contributed by atoms with van der Waals surface area (Å²) in [6, 6.07) is 0. The van der Waals surface area contributed by atoms with E-state index in [9.17, 15) is 9.59 Å². The Kier molecular flexibility index (Phi) is 5.99. The zero-order valence-electron chi connectivity index (χ0n) is 13.8. The molecule has 0 spiro atoms. The van der Waals surface area contributed by atoms with Crippen molar-refractivity contribution in [2.45, 2.75) is 58.9 Å². The summed E-state index contributed by atoms with van der Waals surface area (Å²) >= 11 is 0. The lowest BCUT2D eigenvalue weighted by molar-refractivity contribution is -0.135. The third-order valence-corrected chi connectivity index (χ3v) is 4.20. The lowest BCUT2D eigenvalue weighted by Crippen LogP contribution is -2.47. The molecule has 0 bridgehead atoms. The van der Waals surface area contributed by atoms with Crippen molar-refractivity contribution in [1.29, 1.82) is 0 Å². The molecule has 0 aromatic rings. The number of nitrogens with one attached hydrogen (secondary N) is 1. The van der Waals surface area contributed by atoms with Gasteiger partial charge in [0.15, 0.2) is 0 Å². The first-order valence-electron chi connectivity index (χ1n) is 7.88. The van der Waals surface area contributed by atoms with Gasteiger partial charge < -0.3 is 11.1 Å². The molecule has 0 aliphatic heterocycles. The van der Waals surface area contributed by atoms with E-state index < -0.39 is 5.92 Å². The highest BCUT2D eigenvalue weighted by Gasteiger charge is 2.41. The van der Waals surface area contributed by atoms with Gasteiger partial charge in [-0.15, -0.1) is 6.58 Å². The van der Waals surface area contributed by atoms with Crippen LogP contribution in [0.25, 0.3) is 0 Å². The van der Waals surface area contributed by atoms with Crippen LogP contribution in [0, 0.1) is 23.7 Å². The van der Waals surface area contributed by atoms with E-state index in [1.54, 1.807) is 6.08 Å². The van der Waals surface area contributed by atoms with E-state index in [4.69, 9.17) is 5.73 Å². The van der Waals surface area contributed by atoms with Crippen molar-refractivity contribution in [2.24, 2.45) is 29.4 Å². The molecule has 4 heteroatoms. The van der Waals surface area contributed by atoms with Crippen LogP contribution in [-0.4, -0.2) is 17.4 Å². The number of carbonyl (C=O) groups excluding carboxylic acids is 2. The van der Waals surface area contributed by atoms with Crippen LogP contribution in [0.2, 0.25) is 0 Å². The SMILES string of the molecule is C=CCC[C@H](C(N)=O)[C@@H](CC1CC1C)C(=O)NC(C)(C)C. The molecular weight excluding hydrogens is 264 g/mol. The fourth-order valence-electron chi connectivity index (χ4n) is 2.81. The molecule has 1 saturated carbocycles. The smallest absolute Gasteiger partial charge is 0.224 e. The molecular formula is C17H30N2O2. The molecule has 2 unspecified atom stereocenters. The molecule has 1 rings (SSSR count). The highest BCUT2D eigenvalue weighted by molar-refractivity contribution is 5.87. The van der Waals surface area contributed by atoms with Gasteiger partial charge in [-0.05, 0) is 58.3 Å². The highest BCUT2D eigenvalue weighted by Crippen LogP contribution is 2.44. The quantitative estimate of drug-likeness (QED) is 0.675. The molecule has 4 nitrogen and oxygen atoms in total. The second-order valence-electron chi connectivity index (χ2n) is 7.43. The summed E-state index contributed by atoms with van der Waals surface area (Å²) in [6.07, 6.45) is 4.98. The second kappa shape index (κ2) is 7.10. The van der Waals surface area contributed by atoms with Gasteiger partial charge in [0.05, 0.1) is 0 Å². The molecule has 0 heterocycles. The van der Waals surface area contributed by atoms with E-state index in [2.05, 4.69) is 18.8 Å². The summed E-state index contributed by atoms with van der Waals surface area (Å²) in [5.74, 6) is 0.0533. The summed E-state index contributed by atoms with van der Waals surface area (Å²) in [7, 11) is 0. The third-order valence-electron chi connectivity index (χ3n) is 4.20. The molecule has 1 aliphatic rings. The van der Waals surface area contributed by atoms with Gasteiger partial charge in [0.2, 0.25) is 11.8 Å². The van der Waals surface area contributed by atoms with Crippen molar-refractivity contribution >= 4 is 11.8 Å². The lowest BCUT2D eigenvalue weighted by atomic mass is 9.82. The molecule has 0 aromatic heterocycles. The minimum absolute atomic E-state index is 0.0468. The third kappa shape index (κ3) is 5.90. The van der Waals surface area contributed by atoms with Crippen molar-refractivity contribution in [2.75, 3.05) is 0 Å². The van der Waals surface area contributed by atoms with Gasteiger partial charge >= 0.3 is 0 Å². The van der Waals surface area contributed by atoms with E-state index in [1.165, 1.54) is 0 Å². The Morgan fingerprint density at radius 2 is 1.95 bits per heavy atom. The minimum atomic E-state index is -0.404. The van der Waals surface area contributed by atoms with Crippen molar-refractivity contribution in [3.63, 3.8) is 0 Å². The molecule has 120 valence electrons. The number of carbonyl (C=O) groups is 2. The monoisotopic (exact) mass is 294 g/mol. The summed E-state index contributed by atoms with van der Waals surface area (Å²) in [5.41, 5.74) is 5.26. The van der Waals surface area contributed by atoms with Crippen LogP contribution in [0.5, 0.6) is 0 Å². The van der Waals surface area contributed by atoms with Crippen molar-refractivity contribution in [1.82, 2.24) is 5.32 Å². The van der Waals surface area contributed by atoms with E-state index >= 15 is 0 Å². The predicted octanol–water partition coefficient (Wildman–Crippen LogP) is 2.63. The zero-order chi connectivity index (χ0) is 16.2. The van der Waals surface area contributed by atoms with Crippen molar-refractivity contribution < 1.29 is 9.59 Å². The molecule has 0 aromatic carbocycles. The molecule has 0 saturated heterocycles. The largest absolute Gasteiger partial charge is 0.369 e. The molecule has 1 aliphatic carbocycles. The maximum absolute atomic E-state index is 12.6. The van der Waals surface area contributed by atoms with E-state index in [0.29, 0.717) is 24.7 Å². The van der Waals surface area contributed by atoms with Crippen LogP contribution in [0.4, 0.5) is 0 Å². The van der Waals surface area contributed by atoms with Crippen LogP contribution >= 0.6 is 0 Å².